The van der Waals surface area contributed by atoms with Gasteiger partial charge in [0.25, 0.3) is 0 Å². The second-order valence-electron chi connectivity index (χ2n) is 4.58. The summed E-state index contributed by atoms with van der Waals surface area (Å²) in [6, 6.07) is 4.10. The van der Waals surface area contributed by atoms with Crippen molar-refractivity contribution in [3.63, 3.8) is 0 Å². The minimum atomic E-state index is -1.45. The normalized spacial score (nSPS) is 12.0. The predicted octanol–water partition coefficient (Wildman–Crippen LogP) is 3.28. The van der Waals surface area contributed by atoms with Crippen LogP contribution in [0.25, 0.3) is 10.9 Å². The number of hydrogen-bond acceptors (Lipinski definition) is 2. The molecule has 0 atom stereocenters. The first-order chi connectivity index (χ1) is 7.91. The summed E-state index contributed by atoms with van der Waals surface area (Å²) in [5, 5.41) is 19.8. The number of hydrogen-bond donors (Lipinski definition) is 2. The van der Waals surface area contributed by atoms with Gasteiger partial charge < -0.3 is 14.8 Å². The van der Waals surface area contributed by atoms with Crippen molar-refractivity contribution in [2.45, 2.75) is 33.1 Å². The van der Waals surface area contributed by atoms with Gasteiger partial charge in [-0.15, -0.1) is 0 Å². The molecule has 92 valence electrons. The second kappa shape index (κ2) is 4.44. The maximum Gasteiger partial charge on any atom is 0.179 e. The second-order valence-corrected chi connectivity index (χ2v) is 5.49. The van der Waals surface area contributed by atoms with Gasteiger partial charge in [0.1, 0.15) is 0 Å². The van der Waals surface area contributed by atoms with Crippen molar-refractivity contribution in [3.8, 4) is 0 Å². The number of aryl methyl sites for hydroxylation is 1. The number of fused-ring (bicyclic) bond motifs is 1. The molecule has 17 heavy (non-hydrogen) atoms. The Hall–Kier alpha value is -0.840. The molecule has 0 spiro atoms. The standard InChI is InChI=1S/C13H16BrNO2/c1-7(2)15-6-8(3)12-10(13(16)17)4-9(14)5-11(12)15/h4-7,13,16-17H,1-3H3. The van der Waals surface area contributed by atoms with Crippen LogP contribution in [-0.4, -0.2) is 14.8 Å². The fraction of sp³-hybridized carbons (Fsp3) is 0.385. The predicted molar refractivity (Wildman–Crippen MR) is 71.9 cm³/mol. The summed E-state index contributed by atoms with van der Waals surface area (Å²) in [6.07, 6.45) is 0.602. The molecule has 1 heterocycles. The number of aromatic nitrogens is 1. The fourth-order valence-electron chi connectivity index (χ4n) is 2.22. The maximum atomic E-state index is 9.44. The van der Waals surface area contributed by atoms with Crippen molar-refractivity contribution in [3.05, 3.63) is 33.9 Å². The van der Waals surface area contributed by atoms with Gasteiger partial charge in [-0.05, 0) is 38.5 Å². The number of benzene rings is 1. The molecular weight excluding hydrogens is 282 g/mol. The van der Waals surface area contributed by atoms with Gasteiger partial charge in [0.15, 0.2) is 6.29 Å². The molecule has 1 aromatic heterocycles. The van der Waals surface area contributed by atoms with Crippen LogP contribution in [0.1, 0.15) is 37.3 Å². The van der Waals surface area contributed by atoms with E-state index < -0.39 is 6.29 Å². The topological polar surface area (TPSA) is 45.4 Å². The smallest absolute Gasteiger partial charge is 0.179 e. The first-order valence-corrected chi connectivity index (χ1v) is 6.38. The highest BCUT2D eigenvalue weighted by atomic mass is 79.9. The third-order valence-electron chi connectivity index (χ3n) is 2.95. The highest BCUT2D eigenvalue weighted by molar-refractivity contribution is 9.10. The molecule has 0 aliphatic heterocycles. The molecule has 2 rings (SSSR count). The van der Waals surface area contributed by atoms with E-state index in [2.05, 4.69) is 34.3 Å². The Kier molecular flexibility index (Phi) is 3.30. The molecule has 0 bridgehead atoms. The SMILES string of the molecule is Cc1cn(C(C)C)c2cc(Br)cc(C(O)O)c12. The molecular formula is C13H16BrNO2. The van der Waals surface area contributed by atoms with Gasteiger partial charge in [0.2, 0.25) is 0 Å². The van der Waals surface area contributed by atoms with Gasteiger partial charge in [0.05, 0.1) is 5.52 Å². The van der Waals surface area contributed by atoms with Crippen molar-refractivity contribution >= 4 is 26.8 Å². The summed E-state index contributed by atoms with van der Waals surface area (Å²) in [7, 11) is 0. The maximum absolute atomic E-state index is 9.44. The van der Waals surface area contributed by atoms with E-state index in [-0.39, 0.29) is 0 Å². The fourth-order valence-corrected chi connectivity index (χ4v) is 2.68. The zero-order valence-electron chi connectivity index (χ0n) is 10.1. The molecule has 0 radical (unpaired) electrons. The van der Waals surface area contributed by atoms with Gasteiger partial charge in [-0.25, -0.2) is 0 Å². The summed E-state index contributed by atoms with van der Waals surface area (Å²) >= 11 is 3.41. The van der Waals surface area contributed by atoms with Crippen molar-refractivity contribution in [1.82, 2.24) is 4.57 Å². The lowest BCUT2D eigenvalue weighted by molar-refractivity contribution is -0.0413. The van der Waals surface area contributed by atoms with Gasteiger partial charge >= 0.3 is 0 Å². The molecule has 4 heteroatoms. The van der Waals surface area contributed by atoms with Crippen molar-refractivity contribution < 1.29 is 10.2 Å². The highest BCUT2D eigenvalue weighted by Gasteiger charge is 2.16. The van der Waals surface area contributed by atoms with Crippen LogP contribution in [0.3, 0.4) is 0 Å². The zero-order chi connectivity index (χ0) is 12.7. The van der Waals surface area contributed by atoms with Crippen LogP contribution in [0.5, 0.6) is 0 Å². The van der Waals surface area contributed by atoms with E-state index in [1.165, 1.54) is 0 Å². The van der Waals surface area contributed by atoms with E-state index in [4.69, 9.17) is 0 Å². The first-order valence-electron chi connectivity index (χ1n) is 5.58. The molecule has 2 N–H and O–H groups in total. The van der Waals surface area contributed by atoms with Gasteiger partial charge in [-0.2, -0.15) is 0 Å². The quantitative estimate of drug-likeness (QED) is 0.836. The zero-order valence-corrected chi connectivity index (χ0v) is 11.7. The van der Waals surface area contributed by atoms with E-state index in [9.17, 15) is 10.2 Å². The summed E-state index contributed by atoms with van der Waals surface area (Å²) in [6.45, 7) is 6.20. The minimum Gasteiger partial charge on any atom is -0.364 e. The van der Waals surface area contributed by atoms with Crippen LogP contribution in [0.4, 0.5) is 0 Å². The number of rotatable bonds is 2. The van der Waals surface area contributed by atoms with E-state index in [0.29, 0.717) is 11.6 Å². The average Bonchev–Trinajstić information content (AvgIpc) is 2.54. The lowest BCUT2D eigenvalue weighted by Gasteiger charge is -2.12. The van der Waals surface area contributed by atoms with Gasteiger partial charge in [0, 0.05) is 27.7 Å². The summed E-state index contributed by atoms with van der Waals surface area (Å²) in [5.74, 6) is 0. The van der Waals surface area contributed by atoms with E-state index >= 15 is 0 Å². The Labute approximate surface area is 109 Å². The molecule has 0 aliphatic rings. The summed E-state index contributed by atoms with van der Waals surface area (Å²) in [5.41, 5.74) is 2.63. The average molecular weight is 298 g/mol. The highest BCUT2D eigenvalue weighted by Crippen LogP contribution is 2.33. The number of halogens is 1. The Morgan fingerprint density at radius 3 is 2.41 bits per heavy atom. The molecule has 0 amide bonds. The third-order valence-corrected chi connectivity index (χ3v) is 3.41. The van der Waals surface area contributed by atoms with Crippen molar-refractivity contribution in [2.24, 2.45) is 0 Å². The lowest BCUT2D eigenvalue weighted by Crippen LogP contribution is -2.00. The van der Waals surface area contributed by atoms with Crippen LogP contribution in [0, 0.1) is 6.92 Å². The molecule has 2 aromatic rings. The summed E-state index contributed by atoms with van der Waals surface area (Å²) in [4.78, 5) is 0. The molecule has 0 saturated carbocycles. The van der Waals surface area contributed by atoms with E-state index in [0.717, 1.165) is 20.9 Å². The number of aliphatic hydroxyl groups excluding tert-OH is 1. The third kappa shape index (κ3) is 2.12. The first kappa shape index (κ1) is 12.6. The van der Waals surface area contributed by atoms with Crippen molar-refractivity contribution in [1.29, 1.82) is 0 Å². The Morgan fingerprint density at radius 1 is 1.24 bits per heavy atom. The van der Waals surface area contributed by atoms with Crippen LogP contribution in [-0.2, 0) is 0 Å². The van der Waals surface area contributed by atoms with E-state index in [1.807, 2.05) is 19.2 Å². The Balaban J connectivity index is 2.85. The molecule has 0 fully saturated rings. The van der Waals surface area contributed by atoms with Crippen LogP contribution in [0.2, 0.25) is 0 Å². The van der Waals surface area contributed by atoms with Crippen molar-refractivity contribution in [2.75, 3.05) is 0 Å². The minimum absolute atomic E-state index is 0.337. The van der Waals surface area contributed by atoms with Crippen LogP contribution >= 0.6 is 15.9 Å². The monoisotopic (exact) mass is 297 g/mol. The van der Waals surface area contributed by atoms with Gasteiger partial charge in [-0.3, -0.25) is 0 Å². The number of nitrogens with zero attached hydrogens (tertiary/aromatic N) is 1. The molecule has 3 nitrogen and oxygen atoms in total. The van der Waals surface area contributed by atoms with Gasteiger partial charge in [-0.1, -0.05) is 15.9 Å². The summed E-state index contributed by atoms with van der Waals surface area (Å²) < 4.78 is 2.99. The largest absolute Gasteiger partial charge is 0.364 e. The molecule has 0 saturated heterocycles. The lowest BCUT2D eigenvalue weighted by atomic mass is 10.1. The molecule has 0 aliphatic carbocycles. The Morgan fingerprint density at radius 2 is 1.88 bits per heavy atom. The molecule has 0 unspecified atom stereocenters. The van der Waals surface area contributed by atoms with Crippen LogP contribution < -0.4 is 0 Å². The molecule has 1 aromatic carbocycles. The van der Waals surface area contributed by atoms with E-state index in [1.54, 1.807) is 6.07 Å². The Bertz CT molecular complexity index is 558. The van der Waals surface area contributed by atoms with Crippen LogP contribution in [0.15, 0.2) is 22.8 Å². The number of aliphatic hydroxyl groups is 2.